The van der Waals surface area contributed by atoms with Crippen LogP contribution >= 0.6 is 0 Å². The van der Waals surface area contributed by atoms with Gasteiger partial charge in [0.1, 0.15) is 24.5 Å². The van der Waals surface area contributed by atoms with Gasteiger partial charge in [-0.3, -0.25) is 9.79 Å². The molecular formula is C17H23NO3. The van der Waals surface area contributed by atoms with E-state index in [1.807, 2.05) is 52.0 Å². The maximum absolute atomic E-state index is 11.7. The summed E-state index contributed by atoms with van der Waals surface area (Å²) < 4.78 is 10.8. The van der Waals surface area contributed by atoms with Crippen molar-refractivity contribution in [1.29, 1.82) is 0 Å². The SMILES string of the molecule is C=CCOc1ccccc1C(C)=NCC(=O)OC(C)(C)C. The fraction of sp³-hybridized carbons (Fsp3) is 0.412. The summed E-state index contributed by atoms with van der Waals surface area (Å²) in [7, 11) is 0. The van der Waals surface area contributed by atoms with Crippen molar-refractivity contribution in [3.8, 4) is 5.75 Å². The second-order valence-corrected chi connectivity index (χ2v) is 5.58. The number of ether oxygens (including phenoxy) is 2. The van der Waals surface area contributed by atoms with Crippen LogP contribution in [0.3, 0.4) is 0 Å². The molecule has 4 nitrogen and oxygen atoms in total. The fourth-order valence-electron chi connectivity index (χ4n) is 1.68. The maximum atomic E-state index is 11.7. The highest BCUT2D eigenvalue weighted by Crippen LogP contribution is 2.19. The van der Waals surface area contributed by atoms with Crippen molar-refractivity contribution in [3.63, 3.8) is 0 Å². The van der Waals surface area contributed by atoms with Gasteiger partial charge in [-0.25, -0.2) is 0 Å². The van der Waals surface area contributed by atoms with E-state index in [2.05, 4.69) is 11.6 Å². The molecule has 0 atom stereocenters. The van der Waals surface area contributed by atoms with E-state index in [0.717, 1.165) is 17.0 Å². The Balaban J connectivity index is 2.78. The predicted molar refractivity (Wildman–Crippen MR) is 85.1 cm³/mol. The van der Waals surface area contributed by atoms with Gasteiger partial charge in [0.25, 0.3) is 0 Å². The minimum Gasteiger partial charge on any atom is -0.489 e. The molecule has 4 heteroatoms. The van der Waals surface area contributed by atoms with E-state index in [0.29, 0.717) is 6.61 Å². The lowest BCUT2D eigenvalue weighted by atomic mass is 10.1. The van der Waals surface area contributed by atoms with Crippen LogP contribution in [-0.4, -0.2) is 30.4 Å². The van der Waals surface area contributed by atoms with Gasteiger partial charge >= 0.3 is 5.97 Å². The van der Waals surface area contributed by atoms with Crippen molar-refractivity contribution in [1.82, 2.24) is 0 Å². The van der Waals surface area contributed by atoms with Gasteiger partial charge in [0.15, 0.2) is 0 Å². The largest absolute Gasteiger partial charge is 0.489 e. The van der Waals surface area contributed by atoms with Crippen LogP contribution in [0.15, 0.2) is 41.9 Å². The number of nitrogens with zero attached hydrogens (tertiary/aromatic N) is 1. The number of carbonyl (C=O) groups excluding carboxylic acids is 1. The molecule has 0 aromatic heterocycles. The quantitative estimate of drug-likeness (QED) is 0.458. The van der Waals surface area contributed by atoms with E-state index >= 15 is 0 Å². The zero-order valence-electron chi connectivity index (χ0n) is 13.2. The number of aliphatic imine (C=N–C) groups is 1. The van der Waals surface area contributed by atoms with Crippen LogP contribution in [0.25, 0.3) is 0 Å². The fourth-order valence-corrected chi connectivity index (χ4v) is 1.68. The predicted octanol–water partition coefficient (Wildman–Crippen LogP) is 3.40. The van der Waals surface area contributed by atoms with E-state index in [9.17, 15) is 4.79 Å². The Morgan fingerprint density at radius 3 is 2.62 bits per heavy atom. The molecule has 1 aromatic rings. The molecule has 0 aliphatic carbocycles. The molecule has 114 valence electrons. The summed E-state index contributed by atoms with van der Waals surface area (Å²) in [5.74, 6) is 0.383. The number of para-hydroxylation sites is 1. The Hall–Kier alpha value is -2.10. The van der Waals surface area contributed by atoms with E-state index in [1.54, 1.807) is 6.08 Å². The lowest BCUT2D eigenvalue weighted by molar-refractivity contribution is -0.152. The first kappa shape index (κ1) is 17.0. The zero-order valence-corrected chi connectivity index (χ0v) is 13.2. The number of rotatable bonds is 6. The number of carbonyl (C=O) groups is 1. The van der Waals surface area contributed by atoms with Gasteiger partial charge in [-0.05, 0) is 39.8 Å². The van der Waals surface area contributed by atoms with Crippen LogP contribution in [0.5, 0.6) is 5.75 Å². The second-order valence-electron chi connectivity index (χ2n) is 5.58. The molecule has 0 saturated carbocycles. The molecule has 0 amide bonds. The number of benzene rings is 1. The van der Waals surface area contributed by atoms with Crippen LogP contribution in [0.2, 0.25) is 0 Å². The summed E-state index contributed by atoms with van der Waals surface area (Å²) in [5.41, 5.74) is 1.11. The first-order valence-electron chi connectivity index (χ1n) is 6.89. The highest BCUT2D eigenvalue weighted by molar-refractivity contribution is 6.01. The Kier molecular flexibility index (Phi) is 6.15. The van der Waals surface area contributed by atoms with E-state index in [4.69, 9.17) is 9.47 Å². The molecule has 1 aromatic carbocycles. The number of hydrogen-bond acceptors (Lipinski definition) is 4. The van der Waals surface area contributed by atoms with Crippen LogP contribution < -0.4 is 4.74 Å². The Bertz CT molecular complexity index is 527. The van der Waals surface area contributed by atoms with Crippen molar-refractivity contribution in [3.05, 3.63) is 42.5 Å². The zero-order chi connectivity index (χ0) is 15.9. The average Bonchev–Trinajstić information content (AvgIpc) is 2.41. The van der Waals surface area contributed by atoms with Crippen molar-refractivity contribution in [2.24, 2.45) is 4.99 Å². The molecule has 0 bridgehead atoms. The lowest BCUT2D eigenvalue weighted by Gasteiger charge is -2.18. The summed E-state index contributed by atoms with van der Waals surface area (Å²) in [6.45, 7) is 11.4. The first-order chi connectivity index (χ1) is 9.83. The van der Waals surface area contributed by atoms with Crippen molar-refractivity contribution < 1.29 is 14.3 Å². The van der Waals surface area contributed by atoms with E-state index in [1.165, 1.54) is 0 Å². The molecule has 0 fully saturated rings. The van der Waals surface area contributed by atoms with Crippen LogP contribution in [-0.2, 0) is 9.53 Å². The monoisotopic (exact) mass is 289 g/mol. The highest BCUT2D eigenvalue weighted by Gasteiger charge is 2.16. The van der Waals surface area contributed by atoms with Crippen LogP contribution in [0.1, 0.15) is 33.3 Å². The van der Waals surface area contributed by atoms with Gasteiger partial charge < -0.3 is 9.47 Å². The van der Waals surface area contributed by atoms with Gasteiger partial charge in [0.05, 0.1) is 0 Å². The summed E-state index contributed by atoms with van der Waals surface area (Å²) in [6, 6.07) is 7.57. The third kappa shape index (κ3) is 6.25. The van der Waals surface area contributed by atoms with E-state index < -0.39 is 5.60 Å². The third-order valence-electron chi connectivity index (χ3n) is 2.50. The number of hydrogen-bond donors (Lipinski definition) is 0. The molecule has 1 rings (SSSR count). The number of esters is 1. The van der Waals surface area contributed by atoms with Crippen molar-refractivity contribution >= 4 is 11.7 Å². The maximum Gasteiger partial charge on any atom is 0.328 e. The topological polar surface area (TPSA) is 47.9 Å². The average molecular weight is 289 g/mol. The summed E-state index contributed by atoms with van der Waals surface area (Å²) in [6.07, 6.45) is 1.68. The van der Waals surface area contributed by atoms with Gasteiger partial charge in [-0.2, -0.15) is 0 Å². The standard InChI is InChI=1S/C17H23NO3/c1-6-11-20-15-10-8-7-9-14(15)13(2)18-12-16(19)21-17(3,4)5/h6-10H,1,11-12H2,2-5H3. The Labute approximate surface area is 126 Å². The highest BCUT2D eigenvalue weighted by atomic mass is 16.6. The minimum absolute atomic E-state index is 0.00110. The molecule has 21 heavy (non-hydrogen) atoms. The molecule has 0 aliphatic heterocycles. The van der Waals surface area contributed by atoms with Crippen molar-refractivity contribution in [2.45, 2.75) is 33.3 Å². The second kappa shape index (κ2) is 7.62. The van der Waals surface area contributed by atoms with Gasteiger partial charge in [-0.1, -0.05) is 24.8 Å². The van der Waals surface area contributed by atoms with Gasteiger partial charge in [-0.15, -0.1) is 0 Å². The molecule has 0 N–H and O–H groups in total. The van der Waals surface area contributed by atoms with Gasteiger partial charge in [0.2, 0.25) is 0 Å². The molecule has 0 aliphatic rings. The van der Waals surface area contributed by atoms with Gasteiger partial charge in [0, 0.05) is 11.3 Å². The Morgan fingerprint density at radius 2 is 2.00 bits per heavy atom. The van der Waals surface area contributed by atoms with Crippen LogP contribution in [0, 0.1) is 0 Å². The normalized spacial score (nSPS) is 11.9. The smallest absolute Gasteiger partial charge is 0.328 e. The molecular weight excluding hydrogens is 266 g/mol. The molecule has 0 spiro atoms. The molecule has 0 saturated heterocycles. The summed E-state index contributed by atoms with van der Waals surface area (Å²) >= 11 is 0. The first-order valence-corrected chi connectivity index (χ1v) is 6.89. The molecule has 0 radical (unpaired) electrons. The minimum atomic E-state index is -0.495. The van der Waals surface area contributed by atoms with E-state index in [-0.39, 0.29) is 12.5 Å². The summed E-state index contributed by atoms with van der Waals surface area (Å²) in [5, 5.41) is 0. The molecule has 0 heterocycles. The Morgan fingerprint density at radius 1 is 1.33 bits per heavy atom. The summed E-state index contributed by atoms with van der Waals surface area (Å²) in [4.78, 5) is 16.0. The lowest BCUT2D eigenvalue weighted by Crippen LogP contribution is -2.25. The molecule has 0 unspecified atom stereocenters. The van der Waals surface area contributed by atoms with Crippen molar-refractivity contribution in [2.75, 3.05) is 13.2 Å². The van der Waals surface area contributed by atoms with Crippen LogP contribution in [0.4, 0.5) is 0 Å². The third-order valence-corrected chi connectivity index (χ3v) is 2.50.